The first-order chi connectivity index (χ1) is 13.0. The topological polar surface area (TPSA) is 101 Å². The number of ketones is 1. The first-order valence-corrected chi connectivity index (χ1v) is 8.13. The molecular formula is C21H13NO5. The van der Waals surface area contributed by atoms with Crippen LogP contribution in [0.4, 0.5) is 5.69 Å². The summed E-state index contributed by atoms with van der Waals surface area (Å²) < 4.78 is 0. The van der Waals surface area contributed by atoms with Crippen molar-refractivity contribution in [3.8, 4) is 11.5 Å². The highest BCUT2D eigenvalue weighted by atomic mass is 16.6. The largest absolute Gasteiger partial charge is 0.507 e. The molecule has 4 rings (SSSR count). The maximum Gasteiger partial charge on any atom is 0.269 e. The number of carbonyl (C=O) groups is 1. The van der Waals surface area contributed by atoms with E-state index in [2.05, 4.69) is 0 Å². The third kappa shape index (κ3) is 2.64. The van der Waals surface area contributed by atoms with Gasteiger partial charge in [-0.3, -0.25) is 14.9 Å². The minimum atomic E-state index is -0.475. The number of nitrogens with zero attached hydrogens (tertiary/aromatic N) is 1. The number of non-ortho nitro benzene ring substituents is 1. The number of carbonyl (C=O) groups excluding carboxylic acids is 1. The van der Waals surface area contributed by atoms with Gasteiger partial charge < -0.3 is 10.2 Å². The molecule has 3 aromatic carbocycles. The molecule has 27 heavy (non-hydrogen) atoms. The number of rotatable bonds is 2. The summed E-state index contributed by atoms with van der Waals surface area (Å²) in [6, 6.07) is 15.6. The molecule has 0 spiro atoms. The quantitative estimate of drug-likeness (QED) is 0.414. The molecule has 0 bridgehead atoms. The molecule has 0 amide bonds. The van der Waals surface area contributed by atoms with E-state index in [0.29, 0.717) is 22.3 Å². The summed E-state index contributed by atoms with van der Waals surface area (Å²) in [5.74, 6) is -0.779. The Morgan fingerprint density at radius 2 is 1.33 bits per heavy atom. The summed E-state index contributed by atoms with van der Waals surface area (Å²) in [5.41, 5.74) is 2.63. The number of phenols is 2. The molecule has 0 unspecified atom stereocenters. The molecule has 132 valence electrons. The van der Waals surface area contributed by atoms with E-state index >= 15 is 0 Å². The van der Waals surface area contributed by atoms with Crippen LogP contribution in [0.3, 0.4) is 0 Å². The van der Waals surface area contributed by atoms with Gasteiger partial charge in [0.25, 0.3) is 5.69 Å². The summed E-state index contributed by atoms with van der Waals surface area (Å²) in [5, 5.41) is 31.3. The number of hydrogen-bond acceptors (Lipinski definition) is 5. The van der Waals surface area contributed by atoms with Crippen molar-refractivity contribution in [2.24, 2.45) is 0 Å². The van der Waals surface area contributed by atoms with Crippen molar-refractivity contribution < 1.29 is 19.9 Å². The third-order valence-electron chi connectivity index (χ3n) is 4.53. The van der Waals surface area contributed by atoms with Crippen molar-refractivity contribution >= 4 is 23.1 Å². The van der Waals surface area contributed by atoms with E-state index < -0.39 is 10.7 Å². The van der Waals surface area contributed by atoms with Crippen molar-refractivity contribution in [2.45, 2.75) is 0 Å². The summed E-state index contributed by atoms with van der Waals surface area (Å²) in [6.07, 6.45) is 1.77. The summed E-state index contributed by atoms with van der Waals surface area (Å²) >= 11 is 0. The van der Waals surface area contributed by atoms with E-state index in [1.165, 1.54) is 24.3 Å². The number of nitro benzene ring substituents is 1. The maximum atomic E-state index is 12.8. The molecule has 0 fully saturated rings. The van der Waals surface area contributed by atoms with Gasteiger partial charge in [0.2, 0.25) is 5.78 Å². The lowest BCUT2D eigenvalue weighted by atomic mass is 9.80. The maximum absolute atomic E-state index is 12.8. The number of aromatic hydroxyl groups is 2. The van der Waals surface area contributed by atoms with Gasteiger partial charge in [-0.2, -0.15) is 0 Å². The van der Waals surface area contributed by atoms with Crippen molar-refractivity contribution in [1.82, 2.24) is 0 Å². The number of phenolic OH excluding ortho intramolecular Hbond substituents is 2. The van der Waals surface area contributed by atoms with Crippen LogP contribution in [-0.2, 0) is 0 Å². The molecule has 0 atom stereocenters. The predicted molar refractivity (Wildman–Crippen MR) is 99.7 cm³/mol. The van der Waals surface area contributed by atoms with Gasteiger partial charge >= 0.3 is 0 Å². The van der Waals surface area contributed by atoms with Gasteiger partial charge in [0, 0.05) is 12.1 Å². The zero-order chi connectivity index (χ0) is 19.1. The van der Waals surface area contributed by atoms with Crippen LogP contribution in [0.2, 0.25) is 0 Å². The number of nitro groups is 1. The van der Waals surface area contributed by atoms with Gasteiger partial charge in [0.1, 0.15) is 11.5 Å². The third-order valence-corrected chi connectivity index (χ3v) is 4.53. The number of hydrogen-bond donors (Lipinski definition) is 2. The van der Waals surface area contributed by atoms with Crippen LogP contribution >= 0.6 is 0 Å². The molecule has 1 aliphatic carbocycles. The van der Waals surface area contributed by atoms with Crippen LogP contribution in [0.5, 0.6) is 11.5 Å². The SMILES string of the molecule is O=C1c2c(O)cccc2C(=Cc2ccc([N+](=O)[O-])cc2)c2cccc(O)c21. The van der Waals surface area contributed by atoms with Gasteiger partial charge in [0.05, 0.1) is 16.1 Å². The second kappa shape index (κ2) is 6.10. The van der Waals surface area contributed by atoms with Gasteiger partial charge in [-0.25, -0.2) is 0 Å². The highest BCUT2D eigenvalue weighted by Crippen LogP contribution is 2.43. The van der Waals surface area contributed by atoms with Crippen molar-refractivity contribution in [3.05, 3.63) is 98.6 Å². The van der Waals surface area contributed by atoms with Crippen molar-refractivity contribution in [1.29, 1.82) is 0 Å². The normalized spacial score (nSPS) is 12.3. The number of fused-ring (bicyclic) bond motifs is 2. The molecule has 0 aliphatic heterocycles. The monoisotopic (exact) mass is 359 g/mol. The van der Waals surface area contributed by atoms with Crippen LogP contribution < -0.4 is 0 Å². The predicted octanol–water partition coefficient (Wildman–Crippen LogP) is 4.14. The molecule has 6 nitrogen and oxygen atoms in total. The van der Waals surface area contributed by atoms with Crippen molar-refractivity contribution in [2.75, 3.05) is 0 Å². The fraction of sp³-hybridized carbons (Fsp3) is 0. The van der Waals surface area contributed by atoms with E-state index in [-0.39, 0.29) is 28.3 Å². The highest BCUT2D eigenvalue weighted by Gasteiger charge is 2.31. The van der Waals surface area contributed by atoms with Crippen LogP contribution in [0.25, 0.3) is 11.6 Å². The van der Waals surface area contributed by atoms with Gasteiger partial charge in [-0.1, -0.05) is 24.3 Å². The second-order valence-electron chi connectivity index (χ2n) is 6.14. The summed E-state index contributed by atoms with van der Waals surface area (Å²) in [7, 11) is 0. The van der Waals surface area contributed by atoms with Crippen LogP contribution in [0.1, 0.15) is 32.6 Å². The average molecular weight is 359 g/mol. The fourth-order valence-electron chi connectivity index (χ4n) is 3.29. The van der Waals surface area contributed by atoms with E-state index in [4.69, 9.17) is 0 Å². The Kier molecular flexibility index (Phi) is 3.74. The van der Waals surface area contributed by atoms with Gasteiger partial charge in [0.15, 0.2) is 0 Å². The Balaban J connectivity index is 1.97. The van der Waals surface area contributed by atoms with Gasteiger partial charge in [-0.15, -0.1) is 0 Å². The van der Waals surface area contributed by atoms with Crippen LogP contribution in [0.15, 0.2) is 60.7 Å². The molecule has 0 aromatic heterocycles. The van der Waals surface area contributed by atoms with E-state index in [1.807, 2.05) is 0 Å². The van der Waals surface area contributed by atoms with Gasteiger partial charge in [-0.05, 0) is 52.6 Å². The first-order valence-electron chi connectivity index (χ1n) is 8.13. The molecule has 2 N–H and O–H groups in total. The molecular weight excluding hydrogens is 346 g/mol. The minimum Gasteiger partial charge on any atom is -0.507 e. The lowest BCUT2D eigenvalue weighted by molar-refractivity contribution is -0.384. The molecule has 0 heterocycles. The smallest absolute Gasteiger partial charge is 0.269 e. The van der Waals surface area contributed by atoms with Crippen LogP contribution in [-0.4, -0.2) is 20.9 Å². The zero-order valence-corrected chi connectivity index (χ0v) is 13.9. The number of benzene rings is 3. The Morgan fingerprint density at radius 3 is 1.81 bits per heavy atom. The van der Waals surface area contributed by atoms with Crippen molar-refractivity contribution in [3.63, 3.8) is 0 Å². The lowest BCUT2D eigenvalue weighted by Gasteiger charge is -2.23. The molecule has 0 saturated carbocycles. The molecule has 3 aromatic rings. The zero-order valence-electron chi connectivity index (χ0n) is 13.9. The average Bonchev–Trinajstić information content (AvgIpc) is 2.65. The highest BCUT2D eigenvalue weighted by molar-refractivity contribution is 6.22. The summed E-state index contributed by atoms with van der Waals surface area (Å²) in [4.78, 5) is 23.2. The van der Waals surface area contributed by atoms with Crippen LogP contribution in [0, 0.1) is 10.1 Å². The molecule has 0 saturated heterocycles. The lowest BCUT2D eigenvalue weighted by Crippen LogP contribution is -2.14. The van der Waals surface area contributed by atoms with E-state index in [0.717, 1.165) is 0 Å². The summed E-state index contributed by atoms with van der Waals surface area (Å²) in [6.45, 7) is 0. The molecule has 1 aliphatic rings. The fourth-order valence-corrected chi connectivity index (χ4v) is 3.29. The second-order valence-corrected chi connectivity index (χ2v) is 6.14. The Hall–Kier alpha value is -3.93. The van der Waals surface area contributed by atoms with E-state index in [9.17, 15) is 25.1 Å². The standard InChI is InChI=1S/C21H13NO5/c23-17-5-1-3-14-16(11-12-7-9-13(10-8-12)22(26)27)15-4-2-6-18(24)20(15)21(25)19(14)17/h1-11,23-24H. The molecule has 0 radical (unpaired) electrons. The van der Waals surface area contributed by atoms with E-state index in [1.54, 1.807) is 42.5 Å². The molecule has 6 heteroatoms. The first kappa shape index (κ1) is 16.5. The Labute approximate surface area is 153 Å². The Bertz CT molecular complexity index is 1070. The Morgan fingerprint density at radius 1 is 0.815 bits per heavy atom. The minimum absolute atomic E-state index is 0.0212.